The summed E-state index contributed by atoms with van der Waals surface area (Å²) in [4.78, 5) is 10.1. The van der Waals surface area contributed by atoms with Crippen molar-refractivity contribution in [2.75, 3.05) is 30.8 Å². The number of nitrogen functional groups attached to an aromatic ring is 1. The Morgan fingerprint density at radius 2 is 2.41 bits per heavy atom. The van der Waals surface area contributed by atoms with Crippen LogP contribution in [0.25, 0.3) is 11.0 Å². The van der Waals surface area contributed by atoms with Gasteiger partial charge in [0.15, 0.2) is 0 Å². The minimum Gasteiger partial charge on any atom is -0.399 e. The minimum absolute atomic E-state index is 0.313. The Bertz CT molecular complexity index is 536. The summed E-state index contributed by atoms with van der Waals surface area (Å²) in [7, 11) is 1.76. The number of benzene rings is 1. The average molecular weight is 232 g/mol. The summed E-state index contributed by atoms with van der Waals surface area (Å²) < 4.78 is 5.35. The average Bonchev–Trinajstić information content (AvgIpc) is 2.93. The Morgan fingerprint density at radius 3 is 3.18 bits per heavy atom. The molecule has 2 aromatic rings. The molecule has 0 spiro atoms. The first-order chi connectivity index (χ1) is 8.26. The number of nitrogens with two attached hydrogens (primary N) is 1. The van der Waals surface area contributed by atoms with Gasteiger partial charge in [-0.2, -0.15) is 0 Å². The van der Waals surface area contributed by atoms with Gasteiger partial charge in [-0.3, -0.25) is 0 Å². The Labute approximate surface area is 99.6 Å². The highest BCUT2D eigenvalue weighted by atomic mass is 16.5. The van der Waals surface area contributed by atoms with E-state index in [2.05, 4.69) is 14.9 Å². The number of nitrogens with zero attached hydrogens (tertiary/aromatic N) is 2. The second-order valence-electron chi connectivity index (χ2n) is 4.43. The van der Waals surface area contributed by atoms with Crippen LogP contribution < -0.4 is 10.6 Å². The molecule has 0 saturated carbocycles. The topological polar surface area (TPSA) is 67.2 Å². The number of aromatic amines is 1. The fourth-order valence-electron chi connectivity index (χ4n) is 2.28. The lowest BCUT2D eigenvalue weighted by atomic mass is 10.3. The van der Waals surface area contributed by atoms with Crippen molar-refractivity contribution < 1.29 is 4.74 Å². The molecule has 1 unspecified atom stereocenters. The third-order valence-electron chi connectivity index (χ3n) is 3.27. The Kier molecular flexibility index (Phi) is 2.40. The highest BCUT2D eigenvalue weighted by Gasteiger charge is 2.24. The number of H-pyrrole nitrogens is 1. The number of hydrogen-bond acceptors (Lipinski definition) is 4. The van der Waals surface area contributed by atoms with Crippen LogP contribution in [0.3, 0.4) is 0 Å². The van der Waals surface area contributed by atoms with Crippen LogP contribution in [0.5, 0.6) is 0 Å². The summed E-state index contributed by atoms with van der Waals surface area (Å²) in [6, 6.07) is 5.72. The maximum absolute atomic E-state index is 5.75. The first-order valence-corrected chi connectivity index (χ1v) is 5.79. The normalized spacial score (nSPS) is 20.3. The molecule has 17 heavy (non-hydrogen) atoms. The summed E-state index contributed by atoms with van der Waals surface area (Å²) in [5.74, 6) is 0.908. The Balaban J connectivity index is 1.91. The Morgan fingerprint density at radius 1 is 1.53 bits per heavy atom. The van der Waals surface area contributed by atoms with E-state index in [9.17, 15) is 0 Å². The number of fused-ring (bicyclic) bond motifs is 1. The van der Waals surface area contributed by atoms with E-state index in [1.54, 1.807) is 7.11 Å². The van der Waals surface area contributed by atoms with Gasteiger partial charge in [-0.25, -0.2) is 4.98 Å². The van der Waals surface area contributed by atoms with E-state index in [1.807, 2.05) is 18.2 Å². The van der Waals surface area contributed by atoms with Gasteiger partial charge in [-0.15, -0.1) is 0 Å². The predicted molar refractivity (Wildman–Crippen MR) is 68.1 cm³/mol. The van der Waals surface area contributed by atoms with Gasteiger partial charge < -0.3 is 20.4 Å². The lowest BCUT2D eigenvalue weighted by molar-refractivity contribution is 0.121. The molecule has 1 saturated heterocycles. The van der Waals surface area contributed by atoms with E-state index in [0.29, 0.717) is 6.10 Å². The van der Waals surface area contributed by atoms with E-state index < -0.39 is 0 Å². The molecular weight excluding hydrogens is 216 g/mol. The molecule has 2 heterocycles. The lowest BCUT2D eigenvalue weighted by Crippen LogP contribution is -2.23. The fraction of sp³-hybridized carbons (Fsp3) is 0.417. The van der Waals surface area contributed by atoms with Gasteiger partial charge in [0, 0.05) is 25.9 Å². The van der Waals surface area contributed by atoms with Crippen LogP contribution in [0.15, 0.2) is 18.2 Å². The van der Waals surface area contributed by atoms with Crippen molar-refractivity contribution in [2.24, 2.45) is 0 Å². The molecule has 1 aliphatic heterocycles. The lowest BCUT2D eigenvalue weighted by Gasteiger charge is -2.13. The van der Waals surface area contributed by atoms with Crippen LogP contribution in [-0.4, -0.2) is 36.3 Å². The van der Waals surface area contributed by atoms with Gasteiger partial charge in [-0.1, -0.05) is 0 Å². The molecule has 3 rings (SSSR count). The molecule has 1 atom stereocenters. The zero-order valence-electron chi connectivity index (χ0n) is 9.81. The summed E-state index contributed by atoms with van der Waals surface area (Å²) in [5.41, 5.74) is 8.44. The number of ether oxygens (including phenoxy) is 1. The van der Waals surface area contributed by atoms with E-state index in [4.69, 9.17) is 10.5 Å². The summed E-state index contributed by atoms with van der Waals surface area (Å²) in [5, 5.41) is 0. The maximum Gasteiger partial charge on any atom is 0.203 e. The molecule has 0 amide bonds. The van der Waals surface area contributed by atoms with E-state index >= 15 is 0 Å². The standard InChI is InChI=1S/C12H16N4O/c1-17-9-4-5-16(7-9)12-14-10-3-2-8(13)6-11(10)15-12/h2-3,6,9H,4-5,7,13H2,1H3,(H,14,15). The second-order valence-corrected chi connectivity index (χ2v) is 4.43. The smallest absolute Gasteiger partial charge is 0.203 e. The van der Waals surface area contributed by atoms with Crippen LogP contribution in [0.2, 0.25) is 0 Å². The van der Waals surface area contributed by atoms with Gasteiger partial charge in [0.25, 0.3) is 0 Å². The van der Waals surface area contributed by atoms with Crippen LogP contribution in [-0.2, 0) is 4.74 Å². The summed E-state index contributed by atoms with van der Waals surface area (Å²) in [6.07, 6.45) is 1.36. The third-order valence-corrected chi connectivity index (χ3v) is 3.27. The zero-order valence-corrected chi connectivity index (χ0v) is 9.81. The third kappa shape index (κ3) is 1.82. The number of rotatable bonds is 2. The van der Waals surface area contributed by atoms with Crippen molar-refractivity contribution in [1.82, 2.24) is 9.97 Å². The number of hydrogen-bond donors (Lipinski definition) is 2. The highest BCUT2D eigenvalue weighted by molar-refractivity contribution is 5.80. The molecule has 0 bridgehead atoms. The van der Waals surface area contributed by atoms with Crippen molar-refractivity contribution >= 4 is 22.7 Å². The van der Waals surface area contributed by atoms with Crippen molar-refractivity contribution in [3.8, 4) is 0 Å². The number of imidazole rings is 1. The molecule has 0 radical (unpaired) electrons. The molecule has 3 N–H and O–H groups in total. The largest absolute Gasteiger partial charge is 0.399 e. The van der Waals surface area contributed by atoms with Crippen LogP contribution in [0, 0.1) is 0 Å². The second kappa shape index (κ2) is 3.92. The summed E-state index contributed by atoms with van der Waals surface area (Å²) in [6.45, 7) is 1.87. The molecule has 1 aromatic heterocycles. The molecular formula is C12H16N4O. The van der Waals surface area contributed by atoms with Gasteiger partial charge in [0.1, 0.15) is 0 Å². The first kappa shape index (κ1) is 10.4. The minimum atomic E-state index is 0.313. The Hall–Kier alpha value is -1.75. The monoisotopic (exact) mass is 232 g/mol. The molecule has 1 fully saturated rings. The van der Waals surface area contributed by atoms with Crippen molar-refractivity contribution in [2.45, 2.75) is 12.5 Å². The van der Waals surface area contributed by atoms with E-state index in [-0.39, 0.29) is 0 Å². The fourth-order valence-corrected chi connectivity index (χ4v) is 2.28. The van der Waals surface area contributed by atoms with Gasteiger partial charge in [-0.05, 0) is 24.6 Å². The van der Waals surface area contributed by atoms with Crippen LogP contribution >= 0.6 is 0 Å². The van der Waals surface area contributed by atoms with Crippen molar-refractivity contribution in [3.05, 3.63) is 18.2 Å². The molecule has 1 aromatic carbocycles. The zero-order chi connectivity index (χ0) is 11.8. The first-order valence-electron chi connectivity index (χ1n) is 5.79. The highest BCUT2D eigenvalue weighted by Crippen LogP contribution is 2.23. The van der Waals surface area contributed by atoms with E-state index in [0.717, 1.165) is 42.2 Å². The van der Waals surface area contributed by atoms with E-state index in [1.165, 1.54) is 0 Å². The number of nitrogens with one attached hydrogen (secondary N) is 1. The predicted octanol–water partition coefficient (Wildman–Crippen LogP) is 1.37. The summed E-state index contributed by atoms with van der Waals surface area (Å²) >= 11 is 0. The van der Waals surface area contributed by atoms with Crippen LogP contribution in [0.1, 0.15) is 6.42 Å². The molecule has 5 heteroatoms. The van der Waals surface area contributed by atoms with Crippen molar-refractivity contribution in [3.63, 3.8) is 0 Å². The molecule has 5 nitrogen and oxygen atoms in total. The molecule has 1 aliphatic rings. The van der Waals surface area contributed by atoms with Gasteiger partial charge >= 0.3 is 0 Å². The molecule has 90 valence electrons. The quantitative estimate of drug-likeness (QED) is 0.767. The van der Waals surface area contributed by atoms with Gasteiger partial charge in [0.05, 0.1) is 17.1 Å². The van der Waals surface area contributed by atoms with Crippen LogP contribution in [0.4, 0.5) is 11.6 Å². The molecule has 0 aliphatic carbocycles. The van der Waals surface area contributed by atoms with Gasteiger partial charge in [0.2, 0.25) is 5.95 Å². The maximum atomic E-state index is 5.75. The SMILES string of the molecule is COC1CCN(c2nc3ccc(N)cc3[nH]2)C1. The number of aromatic nitrogens is 2. The number of anilines is 2. The number of methoxy groups -OCH3 is 1. The van der Waals surface area contributed by atoms with Crippen molar-refractivity contribution in [1.29, 1.82) is 0 Å².